The van der Waals surface area contributed by atoms with Crippen LogP contribution in [0.1, 0.15) is 36.3 Å². The van der Waals surface area contributed by atoms with E-state index >= 15 is 0 Å². The Morgan fingerprint density at radius 2 is 1.87 bits per heavy atom. The molecule has 2 atom stereocenters. The van der Waals surface area contributed by atoms with E-state index in [2.05, 4.69) is 62.2 Å². The van der Waals surface area contributed by atoms with Crippen LogP contribution in [0, 0.1) is 0 Å². The van der Waals surface area contributed by atoms with Gasteiger partial charge in [0.25, 0.3) is 0 Å². The van der Waals surface area contributed by atoms with Gasteiger partial charge in [0.15, 0.2) is 5.96 Å². The highest BCUT2D eigenvalue weighted by atomic mass is 16.1. The van der Waals surface area contributed by atoms with Crippen LogP contribution >= 0.6 is 0 Å². The smallest absolute Gasteiger partial charge is 0.225 e. The largest absolute Gasteiger partial charge is 0.356 e. The molecular weight excluding hydrogens is 374 g/mol. The molecule has 4 rings (SSSR count). The fourth-order valence-corrected chi connectivity index (χ4v) is 4.49. The van der Waals surface area contributed by atoms with E-state index in [-0.39, 0.29) is 11.8 Å². The molecule has 2 aliphatic heterocycles. The molecule has 0 aromatic heterocycles. The summed E-state index contributed by atoms with van der Waals surface area (Å²) in [6.45, 7) is 3.69. The van der Waals surface area contributed by atoms with Gasteiger partial charge in [-0.1, -0.05) is 48.5 Å². The van der Waals surface area contributed by atoms with E-state index in [1.807, 2.05) is 18.2 Å². The third-order valence-corrected chi connectivity index (χ3v) is 6.08. The molecule has 2 aliphatic rings. The lowest BCUT2D eigenvalue weighted by atomic mass is 9.90. The van der Waals surface area contributed by atoms with Gasteiger partial charge in [0.05, 0.1) is 0 Å². The number of hydrogen-bond acceptors (Lipinski definition) is 3. The number of nitrogens with one attached hydrogen (secondary N) is 3. The molecule has 2 unspecified atom stereocenters. The lowest BCUT2D eigenvalue weighted by molar-refractivity contribution is -0.116. The van der Waals surface area contributed by atoms with Gasteiger partial charge in [0.2, 0.25) is 5.91 Å². The van der Waals surface area contributed by atoms with E-state index in [0.717, 1.165) is 31.3 Å². The predicted octanol–water partition coefficient (Wildman–Crippen LogP) is 2.94. The second-order valence-corrected chi connectivity index (χ2v) is 8.12. The van der Waals surface area contributed by atoms with Gasteiger partial charge in [-0.2, -0.15) is 0 Å². The van der Waals surface area contributed by atoms with Crippen LogP contribution in [-0.4, -0.2) is 49.5 Å². The summed E-state index contributed by atoms with van der Waals surface area (Å²) in [5, 5.41) is 9.89. The fraction of sp³-hybridized carbons (Fsp3) is 0.417. The quantitative estimate of drug-likeness (QED) is 0.511. The van der Waals surface area contributed by atoms with Crippen molar-refractivity contribution >= 4 is 17.6 Å². The van der Waals surface area contributed by atoms with Crippen LogP contribution in [0.3, 0.4) is 0 Å². The third kappa shape index (κ3) is 5.00. The lowest BCUT2D eigenvalue weighted by Gasteiger charge is -2.28. The van der Waals surface area contributed by atoms with E-state index in [0.29, 0.717) is 19.0 Å². The van der Waals surface area contributed by atoms with E-state index in [1.54, 1.807) is 7.05 Å². The number of guanidine groups is 1. The van der Waals surface area contributed by atoms with Gasteiger partial charge < -0.3 is 16.0 Å². The maximum absolute atomic E-state index is 12.0. The van der Waals surface area contributed by atoms with Crippen LogP contribution < -0.4 is 16.0 Å². The number of hydrogen-bond donors (Lipinski definition) is 3. The molecule has 0 radical (unpaired) electrons. The molecule has 6 heteroatoms. The van der Waals surface area contributed by atoms with Gasteiger partial charge in [-0.25, -0.2) is 0 Å². The zero-order valence-corrected chi connectivity index (χ0v) is 17.6. The monoisotopic (exact) mass is 405 g/mol. The summed E-state index contributed by atoms with van der Waals surface area (Å²) in [6.07, 6.45) is 2.93. The number of aliphatic imine (C=N–C) groups is 1. The molecule has 1 amide bonds. The van der Waals surface area contributed by atoms with Gasteiger partial charge in [-0.05, 0) is 36.6 Å². The summed E-state index contributed by atoms with van der Waals surface area (Å²) in [5.74, 6) is 1.02. The van der Waals surface area contributed by atoms with Crippen LogP contribution in [0.2, 0.25) is 0 Å². The number of carbonyl (C=O) groups is 1. The SMILES string of the molecule is CN=C(NCC1CC(=O)Nc2ccccc21)NCC1CCCN1Cc1ccccc1. The molecule has 0 saturated carbocycles. The average molecular weight is 406 g/mol. The minimum Gasteiger partial charge on any atom is -0.356 e. The second kappa shape index (κ2) is 9.76. The van der Waals surface area contributed by atoms with Crippen molar-refractivity contribution in [2.45, 2.75) is 37.8 Å². The Balaban J connectivity index is 1.30. The Labute approximate surface area is 178 Å². The molecule has 1 fully saturated rings. The molecule has 0 spiro atoms. The summed E-state index contributed by atoms with van der Waals surface area (Å²) >= 11 is 0. The van der Waals surface area contributed by atoms with E-state index in [9.17, 15) is 4.79 Å². The topological polar surface area (TPSA) is 68.8 Å². The number of para-hydroxylation sites is 1. The average Bonchev–Trinajstić information content (AvgIpc) is 3.21. The number of amides is 1. The first-order chi connectivity index (χ1) is 14.7. The van der Waals surface area contributed by atoms with Gasteiger partial charge in [0.1, 0.15) is 0 Å². The van der Waals surface area contributed by atoms with Crippen LogP contribution in [0.4, 0.5) is 5.69 Å². The maximum atomic E-state index is 12.0. The van der Waals surface area contributed by atoms with Crippen molar-refractivity contribution in [1.82, 2.24) is 15.5 Å². The number of nitrogens with zero attached hydrogens (tertiary/aromatic N) is 2. The number of anilines is 1. The summed E-state index contributed by atoms with van der Waals surface area (Å²) in [4.78, 5) is 19.0. The Hall–Kier alpha value is -2.86. The maximum Gasteiger partial charge on any atom is 0.225 e. The predicted molar refractivity (Wildman–Crippen MR) is 122 cm³/mol. The Kier molecular flexibility index (Phi) is 6.64. The van der Waals surface area contributed by atoms with Crippen LogP contribution in [0.15, 0.2) is 59.6 Å². The fourth-order valence-electron chi connectivity index (χ4n) is 4.49. The zero-order valence-electron chi connectivity index (χ0n) is 17.6. The van der Waals surface area contributed by atoms with E-state index < -0.39 is 0 Å². The molecule has 2 aromatic rings. The van der Waals surface area contributed by atoms with E-state index in [1.165, 1.54) is 24.0 Å². The standard InChI is InChI=1S/C24H31N5O/c1-25-24(26-15-19-14-23(30)28-22-12-6-5-11-21(19)22)27-16-20-10-7-13-29(20)17-18-8-3-2-4-9-18/h2-6,8-9,11-12,19-20H,7,10,13-17H2,1H3,(H,28,30)(H2,25,26,27). The minimum absolute atomic E-state index is 0.0750. The van der Waals surface area contributed by atoms with Crippen molar-refractivity contribution in [3.8, 4) is 0 Å². The van der Waals surface area contributed by atoms with Crippen molar-refractivity contribution in [3.05, 3.63) is 65.7 Å². The highest BCUT2D eigenvalue weighted by Gasteiger charge is 2.26. The van der Waals surface area contributed by atoms with Gasteiger partial charge >= 0.3 is 0 Å². The third-order valence-electron chi connectivity index (χ3n) is 6.08. The first kappa shape index (κ1) is 20.4. The number of carbonyl (C=O) groups excluding carboxylic acids is 1. The highest BCUT2D eigenvalue weighted by molar-refractivity contribution is 5.94. The van der Waals surface area contributed by atoms with E-state index in [4.69, 9.17) is 0 Å². The molecule has 3 N–H and O–H groups in total. The molecule has 30 heavy (non-hydrogen) atoms. The molecule has 1 saturated heterocycles. The van der Waals surface area contributed by atoms with Gasteiger partial charge in [-0.3, -0.25) is 14.7 Å². The van der Waals surface area contributed by atoms with Crippen molar-refractivity contribution in [1.29, 1.82) is 0 Å². The summed E-state index contributed by atoms with van der Waals surface area (Å²) < 4.78 is 0. The molecule has 0 bridgehead atoms. The molecule has 6 nitrogen and oxygen atoms in total. The van der Waals surface area contributed by atoms with Crippen molar-refractivity contribution < 1.29 is 4.79 Å². The Morgan fingerprint density at radius 3 is 2.70 bits per heavy atom. The summed E-state index contributed by atoms with van der Waals surface area (Å²) in [6, 6.07) is 19.2. The van der Waals surface area contributed by atoms with Crippen molar-refractivity contribution in [2.75, 3.05) is 32.0 Å². The zero-order chi connectivity index (χ0) is 20.8. The first-order valence-corrected chi connectivity index (χ1v) is 10.8. The Morgan fingerprint density at radius 1 is 1.10 bits per heavy atom. The summed E-state index contributed by atoms with van der Waals surface area (Å²) in [7, 11) is 1.80. The number of rotatable bonds is 6. The van der Waals surface area contributed by atoms with Gasteiger partial charge in [-0.15, -0.1) is 0 Å². The molecule has 2 heterocycles. The minimum atomic E-state index is 0.0750. The molecule has 2 aromatic carbocycles. The second-order valence-electron chi connectivity index (χ2n) is 8.12. The van der Waals surface area contributed by atoms with Gasteiger partial charge in [0, 0.05) is 50.7 Å². The normalized spacial score (nSPS) is 21.8. The molecule has 158 valence electrons. The first-order valence-electron chi connectivity index (χ1n) is 10.8. The Bertz CT molecular complexity index is 882. The number of likely N-dealkylation sites (tertiary alicyclic amines) is 1. The molecule has 0 aliphatic carbocycles. The van der Waals surface area contributed by atoms with Crippen LogP contribution in [0.25, 0.3) is 0 Å². The van der Waals surface area contributed by atoms with Crippen LogP contribution in [0.5, 0.6) is 0 Å². The van der Waals surface area contributed by atoms with Crippen molar-refractivity contribution in [2.24, 2.45) is 4.99 Å². The van der Waals surface area contributed by atoms with Crippen molar-refractivity contribution in [3.63, 3.8) is 0 Å². The van der Waals surface area contributed by atoms with Crippen LogP contribution in [-0.2, 0) is 11.3 Å². The number of fused-ring (bicyclic) bond motifs is 1. The summed E-state index contributed by atoms with van der Waals surface area (Å²) in [5.41, 5.74) is 3.47. The highest BCUT2D eigenvalue weighted by Crippen LogP contribution is 2.31. The lowest BCUT2D eigenvalue weighted by Crippen LogP contribution is -2.46. The molecular formula is C24H31N5O. The number of benzene rings is 2.